The Balaban J connectivity index is 1.50. The Morgan fingerprint density at radius 3 is 2.41 bits per heavy atom. The summed E-state index contributed by atoms with van der Waals surface area (Å²) in [5.74, 6) is -0.152. The number of hydrogen-bond acceptors (Lipinski definition) is 6. The fraction of sp³-hybridized carbons (Fsp3) is 0.192. The number of nitrogens with one attached hydrogen (secondary N) is 1. The third-order valence-electron chi connectivity index (χ3n) is 6.05. The van der Waals surface area contributed by atoms with E-state index in [2.05, 4.69) is 20.2 Å². The second-order valence-electron chi connectivity index (χ2n) is 8.37. The number of aldehydes is 1. The number of hydrogen-bond donors (Lipinski definition) is 2. The van der Waals surface area contributed by atoms with Crippen LogP contribution in [0, 0.1) is 0 Å². The summed E-state index contributed by atoms with van der Waals surface area (Å²) in [6.07, 6.45) is 6.61. The van der Waals surface area contributed by atoms with Crippen molar-refractivity contribution < 1.29 is 9.90 Å². The van der Waals surface area contributed by atoms with E-state index in [1.165, 1.54) is 12.8 Å². The highest BCUT2D eigenvalue weighted by atomic mass is 35.5. The van der Waals surface area contributed by atoms with Crippen LogP contribution in [0.4, 0.5) is 11.4 Å². The average molecular weight is 493 g/mol. The van der Waals surface area contributed by atoms with E-state index >= 15 is 0 Å². The van der Waals surface area contributed by atoms with Crippen molar-refractivity contribution in [3.8, 4) is 16.9 Å². The van der Waals surface area contributed by atoms with Crippen molar-refractivity contribution >= 4 is 51.8 Å². The zero-order valence-corrected chi connectivity index (χ0v) is 19.8. The molecule has 0 atom stereocenters. The third-order valence-corrected chi connectivity index (χ3v) is 6.63. The molecule has 0 amide bonds. The van der Waals surface area contributed by atoms with Crippen molar-refractivity contribution in [2.24, 2.45) is 0 Å². The summed E-state index contributed by atoms with van der Waals surface area (Å²) >= 11 is 12.2. The maximum atomic E-state index is 11.8. The molecule has 0 saturated carbocycles. The molecule has 2 aromatic heterocycles. The van der Waals surface area contributed by atoms with Gasteiger partial charge >= 0.3 is 0 Å². The quantitative estimate of drug-likeness (QED) is 0.300. The van der Waals surface area contributed by atoms with Crippen molar-refractivity contribution in [3.63, 3.8) is 0 Å². The first-order valence-corrected chi connectivity index (χ1v) is 11.8. The van der Waals surface area contributed by atoms with Gasteiger partial charge in [0.1, 0.15) is 0 Å². The minimum absolute atomic E-state index is 0.152. The van der Waals surface area contributed by atoms with Gasteiger partial charge in [-0.2, -0.15) is 0 Å². The summed E-state index contributed by atoms with van der Waals surface area (Å²) in [4.78, 5) is 23.3. The molecule has 1 aliphatic heterocycles. The molecule has 0 bridgehead atoms. The number of fused-ring (bicyclic) bond motifs is 1. The Labute approximate surface area is 207 Å². The van der Waals surface area contributed by atoms with Crippen molar-refractivity contribution in [2.75, 3.05) is 18.4 Å². The lowest BCUT2D eigenvalue weighted by Gasteiger charge is -2.15. The van der Waals surface area contributed by atoms with Gasteiger partial charge in [0.05, 0.1) is 44.4 Å². The van der Waals surface area contributed by atoms with E-state index in [1.807, 2.05) is 30.3 Å². The number of anilines is 2. The van der Waals surface area contributed by atoms with Crippen LogP contribution in [0.3, 0.4) is 0 Å². The molecule has 1 saturated heterocycles. The second kappa shape index (κ2) is 9.58. The highest BCUT2D eigenvalue weighted by Gasteiger charge is 2.14. The van der Waals surface area contributed by atoms with Gasteiger partial charge in [-0.3, -0.25) is 19.7 Å². The molecule has 0 spiro atoms. The number of nitrogens with zero attached hydrogens (tertiary/aromatic N) is 3. The molecule has 8 heteroatoms. The van der Waals surface area contributed by atoms with Crippen molar-refractivity contribution in [2.45, 2.75) is 19.4 Å². The van der Waals surface area contributed by atoms with Crippen LogP contribution in [0.1, 0.15) is 28.9 Å². The number of aromatic nitrogens is 2. The topological polar surface area (TPSA) is 78.3 Å². The number of pyridine rings is 2. The van der Waals surface area contributed by atoms with Gasteiger partial charge in [-0.15, -0.1) is 0 Å². The lowest BCUT2D eigenvalue weighted by atomic mass is 10.0. The SMILES string of the molecule is O=Cc1cnc2ccc(-c3cc(Cl)c(O)c(Cl)c3)cc2c1Nc1ccc(CN2CCCC2)nc1. The number of rotatable bonds is 6. The van der Waals surface area contributed by atoms with Gasteiger partial charge in [0.25, 0.3) is 0 Å². The van der Waals surface area contributed by atoms with Gasteiger partial charge in [-0.1, -0.05) is 29.3 Å². The first kappa shape index (κ1) is 22.6. The first-order valence-electron chi connectivity index (χ1n) is 11.0. The van der Waals surface area contributed by atoms with Crippen LogP contribution in [0.5, 0.6) is 5.75 Å². The number of likely N-dealkylation sites (tertiary alicyclic amines) is 1. The van der Waals surface area contributed by atoms with Crippen LogP contribution >= 0.6 is 23.2 Å². The van der Waals surface area contributed by atoms with Crippen LogP contribution in [0.2, 0.25) is 10.0 Å². The lowest BCUT2D eigenvalue weighted by molar-refractivity contribution is 0.112. The Morgan fingerprint density at radius 1 is 0.971 bits per heavy atom. The third kappa shape index (κ3) is 4.57. The molecule has 2 N–H and O–H groups in total. The van der Waals surface area contributed by atoms with Crippen LogP contribution in [-0.2, 0) is 6.54 Å². The number of phenols is 1. The van der Waals surface area contributed by atoms with Crippen molar-refractivity contribution in [1.82, 2.24) is 14.9 Å². The molecule has 0 unspecified atom stereocenters. The van der Waals surface area contributed by atoms with Gasteiger partial charge in [0, 0.05) is 18.1 Å². The van der Waals surface area contributed by atoms with E-state index in [-0.39, 0.29) is 15.8 Å². The average Bonchev–Trinajstić information content (AvgIpc) is 3.36. The summed E-state index contributed by atoms with van der Waals surface area (Å²) in [6, 6.07) is 13.0. The maximum absolute atomic E-state index is 11.8. The molecule has 172 valence electrons. The number of phenolic OH excluding ortho intramolecular Hbond substituents is 1. The van der Waals surface area contributed by atoms with E-state index in [0.29, 0.717) is 11.3 Å². The summed E-state index contributed by atoms with van der Waals surface area (Å²) in [5, 5.41) is 14.4. The molecule has 6 nitrogen and oxygen atoms in total. The van der Waals surface area contributed by atoms with Gasteiger partial charge in [0.2, 0.25) is 0 Å². The number of benzene rings is 2. The molecule has 0 aliphatic carbocycles. The molecular weight excluding hydrogens is 471 g/mol. The maximum Gasteiger partial charge on any atom is 0.153 e. The summed E-state index contributed by atoms with van der Waals surface area (Å²) < 4.78 is 0. The van der Waals surface area contributed by atoms with Crippen molar-refractivity contribution in [3.05, 3.63) is 76.2 Å². The molecule has 1 fully saturated rings. The van der Waals surface area contributed by atoms with Gasteiger partial charge in [-0.05, 0) is 73.5 Å². The van der Waals surface area contributed by atoms with E-state index in [9.17, 15) is 9.90 Å². The Bertz CT molecular complexity index is 1350. The number of carbonyl (C=O) groups excluding carboxylic acids is 1. The first-order chi connectivity index (χ1) is 16.5. The molecule has 3 heterocycles. The minimum atomic E-state index is -0.152. The lowest BCUT2D eigenvalue weighted by Crippen LogP contribution is -2.19. The number of halogens is 2. The van der Waals surface area contributed by atoms with E-state index in [4.69, 9.17) is 23.2 Å². The van der Waals surface area contributed by atoms with Crippen molar-refractivity contribution in [1.29, 1.82) is 0 Å². The highest BCUT2D eigenvalue weighted by molar-refractivity contribution is 6.37. The predicted octanol–water partition coefficient (Wildman–Crippen LogP) is 6.46. The fourth-order valence-corrected chi connectivity index (χ4v) is 4.74. The van der Waals surface area contributed by atoms with Crippen LogP contribution in [0.15, 0.2) is 54.9 Å². The minimum Gasteiger partial charge on any atom is -0.505 e. The molecule has 1 aliphatic rings. The zero-order chi connectivity index (χ0) is 23.7. The molecule has 0 radical (unpaired) electrons. The number of carbonyl (C=O) groups is 1. The van der Waals surface area contributed by atoms with Gasteiger partial charge < -0.3 is 10.4 Å². The Kier molecular flexibility index (Phi) is 6.37. The highest BCUT2D eigenvalue weighted by Crippen LogP contribution is 2.38. The van der Waals surface area contributed by atoms with Crippen LogP contribution in [-0.4, -0.2) is 39.4 Å². The molecular formula is C26H22Cl2N4O2. The summed E-state index contributed by atoms with van der Waals surface area (Å²) in [5.41, 5.74) is 5.17. The molecule has 2 aromatic carbocycles. The van der Waals surface area contributed by atoms with Gasteiger partial charge in [0.15, 0.2) is 12.0 Å². The fourth-order valence-electron chi connectivity index (χ4n) is 4.25. The molecule has 4 aromatic rings. The normalized spacial score (nSPS) is 13.9. The van der Waals surface area contributed by atoms with E-state index in [0.717, 1.165) is 59.3 Å². The number of aromatic hydroxyl groups is 1. The van der Waals surface area contributed by atoms with Crippen LogP contribution in [0.25, 0.3) is 22.0 Å². The summed E-state index contributed by atoms with van der Waals surface area (Å²) in [6.45, 7) is 3.08. The van der Waals surface area contributed by atoms with E-state index < -0.39 is 0 Å². The molecule has 34 heavy (non-hydrogen) atoms. The predicted molar refractivity (Wildman–Crippen MR) is 136 cm³/mol. The second-order valence-corrected chi connectivity index (χ2v) is 9.19. The Morgan fingerprint density at radius 2 is 1.74 bits per heavy atom. The van der Waals surface area contributed by atoms with E-state index in [1.54, 1.807) is 24.5 Å². The standard InChI is InChI=1S/C26H22Cl2N4O2/c27-22-10-17(11-23(28)26(22)34)16-3-6-24-21(9-16)25(18(15-33)12-30-24)31-19-4-5-20(29-13-19)14-32-7-1-2-8-32/h3-6,9-13,15,34H,1-2,7-8,14H2,(H,30,31). The zero-order valence-electron chi connectivity index (χ0n) is 18.3. The smallest absolute Gasteiger partial charge is 0.153 e. The largest absolute Gasteiger partial charge is 0.505 e. The van der Waals surface area contributed by atoms with Crippen LogP contribution < -0.4 is 5.32 Å². The summed E-state index contributed by atoms with van der Waals surface area (Å²) in [7, 11) is 0. The van der Waals surface area contributed by atoms with Gasteiger partial charge in [-0.25, -0.2) is 0 Å². The Hall–Kier alpha value is -3.19. The molecule has 5 rings (SSSR count). The monoisotopic (exact) mass is 492 g/mol.